The minimum absolute atomic E-state index is 0.111. The minimum Gasteiger partial charge on any atom is -0.490 e. The van der Waals surface area contributed by atoms with E-state index in [9.17, 15) is 14.9 Å². The smallest absolute Gasteiger partial charge is 0.311 e. The van der Waals surface area contributed by atoms with E-state index < -0.39 is 11.1 Å². The maximum atomic E-state index is 12.8. The van der Waals surface area contributed by atoms with Gasteiger partial charge >= 0.3 is 5.69 Å². The predicted octanol–water partition coefficient (Wildman–Crippen LogP) is 4.03. The van der Waals surface area contributed by atoms with Crippen molar-refractivity contribution in [2.24, 2.45) is 5.92 Å². The van der Waals surface area contributed by atoms with Crippen molar-refractivity contribution >= 4 is 27.9 Å². The van der Waals surface area contributed by atoms with Crippen molar-refractivity contribution in [3.63, 3.8) is 0 Å². The van der Waals surface area contributed by atoms with Crippen molar-refractivity contribution in [1.82, 2.24) is 5.32 Å². The summed E-state index contributed by atoms with van der Waals surface area (Å²) in [6.07, 6.45) is 3.73. The summed E-state index contributed by atoms with van der Waals surface area (Å²) >= 11 is 1.65. The van der Waals surface area contributed by atoms with Gasteiger partial charge in [0, 0.05) is 16.5 Å². The number of amides is 1. The Kier molecular flexibility index (Phi) is 4.51. The molecular formula is C19H21N3O4S. The average molecular weight is 387 g/mol. The Morgan fingerprint density at radius 1 is 1.37 bits per heavy atom. The highest BCUT2D eigenvalue weighted by atomic mass is 32.1. The van der Waals surface area contributed by atoms with Crippen LogP contribution in [0.25, 0.3) is 0 Å². The van der Waals surface area contributed by atoms with Crippen LogP contribution in [0.15, 0.2) is 18.2 Å². The van der Waals surface area contributed by atoms with Crippen molar-refractivity contribution in [2.45, 2.75) is 38.8 Å². The second-order valence-electron chi connectivity index (χ2n) is 6.96. The Labute approximate surface area is 160 Å². The van der Waals surface area contributed by atoms with Crippen molar-refractivity contribution < 1.29 is 14.5 Å². The van der Waals surface area contributed by atoms with Crippen molar-refractivity contribution in [1.29, 1.82) is 0 Å². The number of hydrogen-bond donors (Lipinski definition) is 2. The molecule has 8 heteroatoms. The van der Waals surface area contributed by atoms with Crippen LogP contribution in [-0.2, 0) is 12.8 Å². The van der Waals surface area contributed by atoms with Gasteiger partial charge in [0.2, 0.25) is 0 Å². The quantitative estimate of drug-likeness (QED) is 0.610. The summed E-state index contributed by atoms with van der Waals surface area (Å²) in [5.74, 6) is 0.768. The lowest BCUT2D eigenvalue weighted by molar-refractivity contribution is -0.385. The number of hydrogen-bond acceptors (Lipinski definition) is 6. The topological polar surface area (TPSA) is 93.5 Å². The third-order valence-electron chi connectivity index (χ3n) is 5.46. The average Bonchev–Trinajstić information content (AvgIpc) is 3.05. The van der Waals surface area contributed by atoms with Gasteiger partial charge in [0.1, 0.15) is 11.2 Å². The first kappa shape index (κ1) is 17.8. The molecule has 0 radical (unpaired) electrons. The maximum Gasteiger partial charge on any atom is 0.311 e. The van der Waals surface area contributed by atoms with Gasteiger partial charge in [0.25, 0.3) is 5.91 Å². The lowest BCUT2D eigenvalue weighted by Crippen LogP contribution is -2.38. The van der Waals surface area contributed by atoms with Gasteiger partial charge in [-0.15, -0.1) is 11.3 Å². The molecule has 7 nitrogen and oxygen atoms in total. The van der Waals surface area contributed by atoms with E-state index in [4.69, 9.17) is 4.74 Å². The molecule has 4 rings (SSSR count). The van der Waals surface area contributed by atoms with Gasteiger partial charge < -0.3 is 15.4 Å². The number of benzene rings is 1. The molecular weight excluding hydrogens is 366 g/mol. The standard InChI is InChI=1S/C19H21N3O4S/c1-3-10-4-6-12-15(8-10)27-19-16(12)18(23)20-17(21-19)11-5-7-14(26-2)13(9-11)22(24)25/h5,7,9-10,17,21H,3-4,6,8H2,1-2H3,(H,20,23)/t10-,17-/m0/s1. The molecule has 1 aromatic carbocycles. The van der Waals surface area contributed by atoms with Crippen LogP contribution in [0.1, 0.15) is 52.3 Å². The number of ether oxygens (including phenoxy) is 1. The second kappa shape index (κ2) is 6.84. The number of rotatable bonds is 4. The molecule has 1 aromatic heterocycles. The van der Waals surface area contributed by atoms with Crippen molar-refractivity contribution in [3.05, 3.63) is 49.9 Å². The van der Waals surface area contributed by atoms with Gasteiger partial charge in [-0.3, -0.25) is 14.9 Å². The van der Waals surface area contributed by atoms with Crippen molar-refractivity contribution in [3.8, 4) is 5.75 Å². The highest BCUT2D eigenvalue weighted by Gasteiger charge is 2.34. The van der Waals surface area contributed by atoms with Crippen LogP contribution in [0, 0.1) is 16.0 Å². The van der Waals surface area contributed by atoms with Crippen LogP contribution < -0.4 is 15.4 Å². The van der Waals surface area contributed by atoms with Crippen LogP contribution in [0.5, 0.6) is 5.75 Å². The Morgan fingerprint density at radius 2 is 2.19 bits per heavy atom. The lowest BCUT2D eigenvalue weighted by Gasteiger charge is -2.27. The number of nitro benzene ring substituents is 1. The summed E-state index contributed by atoms with van der Waals surface area (Å²) in [5.41, 5.74) is 2.43. The minimum atomic E-state index is -0.503. The number of carbonyl (C=O) groups is 1. The fourth-order valence-corrected chi connectivity index (χ4v) is 5.30. The predicted molar refractivity (Wildman–Crippen MR) is 104 cm³/mol. The zero-order valence-electron chi connectivity index (χ0n) is 15.2. The van der Waals surface area contributed by atoms with Crippen LogP contribution in [-0.4, -0.2) is 17.9 Å². The lowest BCUT2D eigenvalue weighted by atomic mass is 9.85. The summed E-state index contributed by atoms with van der Waals surface area (Å²) in [7, 11) is 1.40. The van der Waals surface area contributed by atoms with Gasteiger partial charge in [-0.2, -0.15) is 0 Å². The van der Waals surface area contributed by atoms with Crippen LogP contribution in [0.4, 0.5) is 10.7 Å². The summed E-state index contributed by atoms with van der Waals surface area (Å²) in [4.78, 5) is 24.9. The summed E-state index contributed by atoms with van der Waals surface area (Å²) in [5, 5.41) is 18.5. The Bertz CT molecular complexity index is 924. The number of nitrogens with one attached hydrogen (secondary N) is 2. The number of carbonyl (C=O) groups excluding carboxylic acids is 1. The molecule has 1 aliphatic heterocycles. The van der Waals surface area contributed by atoms with Crippen molar-refractivity contribution in [2.75, 3.05) is 12.4 Å². The zero-order chi connectivity index (χ0) is 19.1. The monoisotopic (exact) mass is 387 g/mol. The molecule has 2 heterocycles. The molecule has 2 atom stereocenters. The molecule has 2 aliphatic rings. The summed E-state index contributed by atoms with van der Waals surface area (Å²) in [6, 6.07) is 4.74. The largest absolute Gasteiger partial charge is 0.490 e. The molecule has 1 aliphatic carbocycles. The number of nitro groups is 1. The maximum absolute atomic E-state index is 12.8. The number of nitrogens with zero attached hydrogens (tertiary/aromatic N) is 1. The molecule has 0 bridgehead atoms. The molecule has 0 saturated carbocycles. The van der Waals surface area contributed by atoms with E-state index >= 15 is 0 Å². The van der Waals surface area contributed by atoms with E-state index in [1.165, 1.54) is 23.6 Å². The summed E-state index contributed by atoms with van der Waals surface area (Å²) in [6.45, 7) is 2.21. The molecule has 0 fully saturated rings. The molecule has 0 saturated heterocycles. The number of thiophene rings is 1. The molecule has 1 amide bonds. The number of anilines is 1. The summed E-state index contributed by atoms with van der Waals surface area (Å²) < 4.78 is 5.05. The normalized spacial score (nSPS) is 20.9. The molecule has 0 unspecified atom stereocenters. The number of methoxy groups -OCH3 is 1. The fraction of sp³-hybridized carbons (Fsp3) is 0.421. The Morgan fingerprint density at radius 3 is 2.89 bits per heavy atom. The molecule has 2 N–H and O–H groups in total. The Hall–Kier alpha value is -2.61. The van der Waals surface area contributed by atoms with E-state index in [1.54, 1.807) is 23.5 Å². The fourth-order valence-electron chi connectivity index (χ4n) is 3.91. The molecule has 0 spiro atoms. The molecule has 27 heavy (non-hydrogen) atoms. The first-order valence-electron chi connectivity index (χ1n) is 9.06. The highest BCUT2D eigenvalue weighted by molar-refractivity contribution is 7.16. The molecule has 2 aromatic rings. The Balaban J connectivity index is 1.67. The van der Waals surface area contributed by atoms with E-state index in [-0.39, 0.29) is 17.3 Å². The van der Waals surface area contributed by atoms with Gasteiger partial charge in [0.05, 0.1) is 17.6 Å². The van der Waals surface area contributed by atoms with Gasteiger partial charge in [-0.05, 0) is 36.8 Å². The van der Waals surface area contributed by atoms with Crippen LogP contribution in [0.2, 0.25) is 0 Å². The first-order valence-corrected chi connectivity index (χ1v) is 9.87. The van der Waals surface area contributed by atoms with E-state index in [0.717, 1.165) is 36.2 Å². The molecule has 142 valence electrons. The third kappa shape index (κ3) is 3.03. The number of fused-ring (bicyclic) bond motifs is 3. The van der Waals surface area contributed by atoms with Gasteiger partial charge in [-0.1, -0.05) is 19.4 Å². The van der Waals surface area contributed by atoms with Crippen LogP contribution >= 0.6 is 11.3 Å². The highest BCUT2D eigenvalue weighted by Crippen LogP contribution is 2.43. The first-order chi connectivity index (χ1) is 13.0. The van der Waals surface area contributed by atoms with E-state index in [0.29, 0.717) is 11.5 Å². The SMILES string of the molecule is CC[C@H]1CCc2c(sc3c2C(=O)N[C@H](c2ccc(OC)c([N+](=O)[O-])c2)N3)C1. The van der Waals surface area contributed by atoms with Gasteiger partial charge in [-0.25, -0.2) is 0 Å². The van der Waals surface area contributed by atoms with E-state index in [1.807, 2.05) is 0 Å². The third-order valence-corrected chi connectivity index (χ3v) is 6.64. The van der Waals surface area contributed by atoms with Gasteiger partial charge in [0.15, 0.2) is 5.75 Å². The zero-order valence-corrected chi connectivity index (χ0v) is 16.0. The van der Waals surface area contributed by atoms with Crippen LogP contribution in [0.3, 0.4) is 0 Å². The second-order valence-corrected chi connectivity index (χ2v) is 8.07. The van der Waals surface area contributed by atoms with E-state index in [2.05, 4.69) is 17.6 Å².